The number of ether oxygens (including phenoxy) is 1. The van der Waals surface area contributed by atoms with Crippen LogP contribution in [0.2, 0.25) is 0 Å². The number of benzene rings is 1. The minimum absolute atomic E-state index is 0.277. The molecule has 0 spiro atoms. The van der Waals surface area contributed by atoms with E-state index in [1.54, 1.807) is 24.3 Å². The third-order valence-electron chi connectivity index (χ3n) is 4.47. The molecule has 0 heterocycles. The van der Waals surface area contributed by atoms with E-state index >= 15 is 0 Å². The lowest BCUT2D eigenvalue weighted by Gasteiger charge is -2.28. The Bertz CT molecular complexity index is 529. The maximum Gasteiger partial charge on any atom is 0.335 e. The molecule has 0 amide bonds. The van der Waals surface area contributed by atoms with Crippen molar-refractivity contribution in [2.24, 2.45) is 0 Å². The number of nitrogens with zero attached hydrogens (tertiary/aromatic N) is 2. The zero-order valence-corrected chi connectivity index (χ0v) is 15.6. The molecular formula is C19H31N3O3. The number of carboxylic acid groups (broad SMARTS) is 1. The number of aromatic carboxylic acids is 1. The Balaban J connectivity index is 1.68. The number of hydrogen-bond donors (Lipinski definition) is 2. The van der Waals surface area contributed by atoms with Gasteiger partial charge in [-0.05, 0) is 58.0 Å². The van der Waals surface area contributed by atoms with Crippen LogP contribution in [-0.4, -0.2) is 72.9 Å². The Morgan fingerprint density at radius 3 is 2.48 bits per heavy atom. The monoisotopic (exact) mass is 349 g/mol. The van der Waals surface area contributed by atoms with Crippen LogP contribution in [0, 0.1) is 0 Å². The lowest BCUT2D eigenvalue weighted by atomic mass is 10.2. The molecule has 25 heavy (non-hydrogen) atoms. The van der Waals surface area contributed by atoms with Gasteiger partial charge in [-0.1, -0.05) is 0 Å². The van der Waals surface area contributed by atoms with Gasteiger partial charge in [0, 0.05) is 38.4 Å². The van der Waals surface area contributed by atoms with Gasteiger partial charge in [0.1, 0.15) is 12.4 Å². The molecule has 140 valence electrons. The fourth-order valence-electron chi connectivity index (χ4n) is 2.55. The predicted molar refractivity (Wildman–Crippen MR) is 99.3 cm³/mol. The van der Waals surface area contributed by atoms with Crippen molar-refractivity contribution >= 4 is 5.97 Å². The number of nitrogens with one attached hydrogen (secondary N) is 1. The predicted octanol–water partition coefficient (Wildman–Crippen LogP) is 2.12. The van der Waals surface area contributed by atoms with Gasteiger partial charge in [0.2, 0.25) is 0 Å². The molecule has 0 bridgehead atoms. The molecule has 0 unspecified atom stereocenters. The second-order valence-corrected chi connectivity index (χ2v) is 7.02. The summed E-state index contributed by atoms with van der Waals surface area (Å²) in [7, 11) is 2.15. The first-order valence-electron chi connectivity index (χ1n) is 9.08. The SMILES string of the molecule is CC(C)N(CCOc1ccc(C(=O)O)cc1)CCN(C)CNC1CC1. The van der Waals surface area contributed by atoms with E-state index in [4.69, 9.17) is 9.84 Å². The van der Waals surface area contributed by atoms with E-state index in [2.05, 4.69) is 36.0 Å². The smallest absolute Gasteiger partial charge is 0.335 e. The molecule has 1 aromatic rings. The average Bonchev–Trinajstić information content (AvgIpc) is 3.40. The molecule has 1 saturated carbocycles. The van der Waals surface area contributed by atoms with E-state index in [-0.39, 0.29) is 5.56 Å². The van der Waals surface area contributed by atoms with Crippen LogP contribution in [0.25, 0.3) is 0 Å². The summed E-state index contributed by atoms with van der Waals surface area (Å²) >= 11 is 0. The quantitative estimate of drug-likeness (QED) is 0.564. The van der Waals surface area contributed by atoms with Gasteiger partial charge in [-0.3, -0.25) is 9.80 Å². The van der Waals surface area contributed by atoms with Crippen LogP contribution in [-0.2, 0) is 0 Å². The Morgan fingerprint density at radius 2 is 1.92 bits per heavy atom. The van der Waals surface area contributed by atoms with Crippen LogP contribution in [0.15, 0.2) is 24.3 Å². The van der Waals surface area contributed by atoms with Gasteiger partial charge in [-0.15, -0.1) is 0 Å². The van der Waals surface area contributed by atoms with Gasteiger partial charge in [0.15, 0.2) is 0 Å². The first kappa shape index (κ1) is 19.7. The second-order valence-electron chi connectivity index (χ2n) is 7.02. The molecular weight excluding hydrogens is 318 g/mol. The van der Waals surface area contributed by atoms with Crippen molar-refractivity contribution in [2.75, 3.05) is 40.0 Å². The Labute approximate surface area is 150 Å². The number of rotatable bonds is 12. The van der Waals surface area contributed by atoms with Crippen LogP contribution in [0.4, 0.5) is 0 Å². The molecule has 6 heteroatoms. The Morgan fingerprint density at radius 1 is 1.24 bits per heavy atom. The first-order valence-corrected chi connectivity index (χ1v) is 9.08. The highest BCUT2D eigenvalue weighted by atomic mass is 16.5. The molecule has 0 aliphatic heterocycles. The van der Waals surface area contributed by atoms with Crippen molar-refractivity contribution < 1.29 is 14.6 Å². The molecule has 1 aliphatic rings. The molecule has 2 rings (SSSR count). The van der Waals surface area contributed by atoms with Crippen molar-refractivity contribution in [3.8, 4) is 5.75 Å². The summed E-state index contributed by atoms with van der Waals surface area (Å²) in [6, 6.07) is 7.76. The fraction of sp³-hybridized carbons (Fsp3) is 0.632. The van der Waals surface area contributed by atoms with Crippen LogP contribution in [0.5, 0.6) is 5.75 Å². The molecule has 1 fully saturated rings. The van der Waals surface area contributed by atoms with Gasteiger partial charge in [-0.25, -0.2) is 4.79 Å². The second kappa shape index (κ2) is 9.75. The minimum Gasteiger partial charge on any atom is -0.492 e. The number of likely N-dealkylation sites (N-methyl/N-ethyl adjacent to an activating group) is 1. The lowest BCUT2D eigenvalue weighted by Crippen LogP contribution is -2.42. The maximum atomic E-state index is 10.8. The third kappa shape index (κ3) is 7.42. The van der Waals surface area contributed by atoms with Crippen LogP contribution in [0.1, 0.15) is 37.0 Å². The van der Waals surface area contributed by atoms with Gasteiger partial charge in [-0.2, -0.15) is 0 Å². The zero-order valence-electron chi connectivity index (χ0n) is 15.6. The van der Waals surface area contributed by atoms with Gasteiger partial charge in [0.05, 0.1) is 5.56 Å². The normalized spacial score (nSPS) is 14.5. The summed E-state index contributed by atoms with van der Waals surface area (Å²) in [5.74, 6) is -0.211. The van der Waals surface area contributed by atoms with Crippen molar-refractivity contribution in [2.45, 2.75) is 38.8 Å². The van der Waals surface area contributed by atoms with Gasteiger partial charge >= 0.3 is 5.97 Å². The van der Waals surface area contributed by atoms with Crippen LogP contribution in [0.3, 0.4) is 0 Å². The Hall–Kier alpha value is -1.63. The number of carboxylic acids is 1. The molecule has 1 aromatic carbocycles. The summed E-state index contributed by atoms with van der Waals surface area (Å²) in [6.07, 6.45) is 2.63. The zero-order chi connectivity index (χ0) is 18.2. The minimum atomic E-state index is -0.919. The highest BCUT2D eigenvalue weighted by molar-refractivity contribution is 5.87. The summed E-state index contributed by atoms with van der Waals surface area (Å²) in [4.78, 5) is 15.6. The molecule has 1 aliphatic carbocycles. The topological polar surface area (TPSA) is 65.0 Å². The van der Waals surface area contributed by atoms with E-state index in [0.29, 0.717) is 18.4 Å². The van der Waals surface area contributed by atoms with Crippen molar-refractivity contribution in [3.05, 3.63) is 29.8 Å². The largest absolute Gasteiger partial charge is 0.492 e. The Kier molecular flexibility index (Phi) is 7.68. The van der Waals surface area contributed by atoms with Crippen molar-refractivity contribution in [1.29, 1.82) is 0 Å². The van der Waals surface area contributed by atoms with Crippen molar-refractivity contribution in [1.82, 2.24) is 15.1 Å². The summed E-state index contributed by atoms with van der Waals surface area (Å²) in [6.45, 7) is 8.81. The molecule has 2 N–H and O–H groups in total. The van der Waals surface area contributed by atoms with E-state index < -0.39 is 5.97 Å². The van der Waals surface area contributed by atoms with Crippen molar-refractivity contribution in [3.63, 3.8) is 0 Å². The summed E-state index contributed by atoms with van der Waals surface area (Å²) in [5.41, 5.74) is 0.277. The van der Waals surface area contributed by atoms with Gasteiger partial charge < -0.3 is 15.2 Å². The molecule has 6 nitrogen and oxygen atoms in total. The summed E-state index contributed by atoms with van der Waals surface area (Å²) in [5, 5.41) is 12.4. The number of carbonyl (C=O) groups is 1. The van der Waals surface area contributed by atoms with E-state index in [1.165, 1.54) is 12.8 Å². The summed E-state index contributed by atoms with van der Waals surface area (Å²) < 4.78 is 5.75. The maximum absolute atomic E-state index is 10.8. The third-order valence-corrected chi connectivity index (χ3v) is 4.47. The fourth-order valence-corrected chi connectivity index (χ4v) is 2.55. The molecule has 0 radical (unpaired) electrons. The highest BCUT2D eigenvalue weighted by Gasteiger charge is 2.20. The number of hydrogen-bond acceptors (Lipinski definition) is 5. The highest BCUT2D eigenvalue weighted by Crippen LogP contribution is 2.18. The molecule has 0 aromatic heterocycles. The average molecular weight is 349 g/mol. The van der Waals surface area contributed by atoms with Crippen LogP contribution >= 0.6 is 0 Å². The first-order chi connectivity index (χ1) is 12.0. The standard InChI is InChI=1S/C19H31N3O3/c1-15(2)22(11-10-21(3)14-20-17-6-7-17)12-13-25-18-8-4-16(5-9-18)19(23)24/h4-5,8-9,15,17,20H,6-7,10-14H2,1-3H3,(H,23,24). The van der Waals surface area contributed by atoms with Crippen LogP contribution < -0.4 is 10.1 Å². The van der Waals surface area contributed by atoms with Gasteiger partial charge in [0.25, 0.3) is 0 Å². The van der Waals surface area contributed by atoms with E-state index in [1.807, 2.05) is 0 Å². The van der Waals surface area contributed by atoms with E-state index in [0.717, 1.165) is 32.3 Å². The molecule has 0 atom stereocenters. The van der Waals surface area contributed by atoms with E-state index in [9.17, 15) is 4.79 Å². The molecule has 0 saturated heterocycles. The lowest BCUT2D eigenvalue weighted by molar-refractivity contribution is 0.0697.